The fourth-order valence-electron chi connectivity index (χ4n) is 5.07. The zero-order valence-electron chi connectivity index (χ0n) is 17.6. The summed E-state index contributed by atoms with van der Waals surface area (Å²) in [4.78, 5) is 28.9. The number of benzene rings is 1. The Hall–Kier alpha value is -2.52. The summed E-state index contributed by atoms with van der Waals surface area (Å²) in [5, 5.41) is 13.0. The van der Waals surface area contributed by atoms with E-state index in [2.05, 4.69) is 24.1 Å². The number of aliphatic hydroxyl groups is 1. The predicted molar refractivity (Wildman–Crippen MR) is 115 cm³/mol. The van der Waals surface area contributed by atoms with Gasteiger partial charge in [-0.1, -0.05) is 43.7 Å². The van der Waals surface area contributed by atoms with Gasteiger partial charge in [0.15, 0.2) is 0 Å². The van der Waals surface area contributed by atoms with Gasteiger partial charge in [-0.3, -0.25) is 4.79 Å². The quantitative estimate of drug-likeness (QED) is 0.751. The summed E-state index contributed by atoms with van der Waals surface area (Å²) in [5.74, 6) is 6.27. The fraction of sp³-hybridized carbons (Fsp3) is 0.583. The summed E-state index contributed by atoms with van der Waals surface area (Å²) in [5.41, 5.74) is 2.06. The minimum absolute atomic E-state index is 0.0266. The molecule has 0 aromatic heterocycles. The number of unbranched alkanes of at least 4 members (excludes halogenated alkanes) is 1. The lowest BCUT2D eigenvalue weighted by molar-refractivity contribution is -0.159. The maximum Gasteiger partial charge on any atom is 0.318 e. The van der Waals surface area contributed by atoms with E-state index < -0.39 is 0 Å². The van der Waals surface area contributed by atoms with Crippen LogP contribution in [0.4, 0.5) is 4.79 Å². The lowest BCUT2D eigenvalue weighted by Gasteiger charge is -2.58. The normalized spacial score (nSPS) is 25.9. The molecule has 6 nitrogen and oxygen atoms in total. The molecule has 2 heterocycles. The van der Waals surface area contributed by atoms with Gasteiger partial charge in [0.1, 0.15) is 6.54 Å². The van der Waals surface area contributed by atoms with Gasteiger partial charge in [0.25, 0.3) is 0 Å². The van der Waals surface area contributed by atoms with E-state index in [0.717, 1.165) is 49.7 Å². The van der Waals surface area contributed by atoms with E-state index in [1.54, 1.807) is 9.80 Å². The number of piperazine rings is 1. The van der Waals surface area contributed by atoms with Crippen LogP contribution in [0.15, 0.2) is 24.3 Å². The monoisotopic (exact) mass is 409 g/mol. The van der Waals surface area contributed by atoms with Crippen LogP contribution >= 0.6 is 0 Å². The molecule has 2 saturated heterocycles. The topological polar surface area (TPSA) is 72.9 Å². The molecule has 1 aromatic rings. The maximum absolute atomic E-state index is 12.7. The van der Waals surface area contributed by atoms with Crippen molar-refractivity contribution in [2.75, 3.05) is 19.7 Å². The summed E-state index contributed by atoms with van der Waals surface area (Å²) < 4.78 is 0. The molecule has 30 heavy (non-hydrogen) atoms. The number of nitrogens with one attached hydrogen (secondary N) is 1. The van der Waals surface area contributed by atoms with Gasteiger partial charge < -0.3 is 20.2 Å². The Labute approximate surface area is 178 Å². The van der Waals surface area contributed by atoms with Gasteiger partial charge in [0.2, 0.25) is 5.91 Å². The van der Waals surface area contributed by atoms with Gasteiger partial charge in [-0.05, 0) is 37.0 Å². The molecule has 1 aliphatic carbocycles. The van der Waals surface area contributed by atoms with E-state index in [9.17, 15) is 14.7 Å². The van der Waals surface area contributed by atoms with Gasteiger partial charge in [-0.2, -0.15) is 0 Å². The molecule has 3 atom stereocenters. The van der Waals surface area contributed by atoms with Crippen molar-refractivity contribution < 1.29 is 14.7 Å². The number of carbonyl (C=O) groups excluding carboxylic acids is 2. The highest BCUT2D eigenvalue weighted by atomic mass is 16.3. The zero-order valence-corrected chi connectivity index (χ0v) is 17.6. The first-order valence-corrected chi connectivity index (χ1v) is 11.2. The van der Waals surface area contributed by atoms with Crippen molar-refractivity contribution >= 4 is 11.9 Å². The number of hydrogen-bond acceptors (Lipinski definition) is 3. The largest absolute Gasteiger partial charge is 0.394 e. The summed E-state index contributed by atoms with van der Waals surface area (Å²) >= 11 is 0. The number of carbonyl (C=O) groups is 2. The molecule has 6 heteroatoms. The molecule has 0 unspecified atom stereocenters. The van der Waals surface area contributed by atoms with Crippen LogP contribution in [-0.4, -0.2) is 64.7 Å². The lowest BCUT2D eigenvalue weighted by atomic mass is 9.73. The van der Waals surface area contributed by atoms with Crippen LogP contribution in [0.1, 0.15) is 62.5 Å². The fourth-order valence-corrected chi connectivity index (χ4v) is 5.07. The Balaban J connectivity index is 1.46. The Morgan fingerprint density at radius 3 is 2.63 bits per heavy atom. The van der Waals surface area contributed by atoms with Crippen molar-refractivity contribution in [2.24, 2.45) is 0 Å². The number of aliphatic hydroxyl groups excluding tert-OH is 1. The van der Waals surface area contributed by atoms with Crippen LogP contribution < -0.4 is 5.32 Å². The van der Waals surface area contributed by atoms with Crippen LogP contribution in [0, 0.1) is 11.8 Å². The molecule has 160 valence electrons. The van der Waals surface area contributed by atoms with E-state index in [4.69, 9.17) is 0 Å². The first kappa shape index (κ1) is 20.7. The maximum atomic E-state index is 12.7. The molecule has 1 saturated carbocycles. The number of hydrogen-bond donors (Lipinski definition) is 2. The second kappa shape index (κ2) is 9.09. The Bertz CT molecular complexity index is 835. The summed E-state index contributed by atoms with van der Waals surface area (Å²) in [6.07, 6.45) is 6.27. The van der Waals surface area contributed by atoms with Crippen molar-refractivity contribution in [1.82, 2.24) is 15.1 Å². The number of nitrogens with zero attached hydrogens (tertiary/aromatic N) is 2. The molecule has 3 fully saturated rings. The Morgan fingerprint density at radius 1 is 1.23 bits per heavy atom. The van der Waals surface area contributed by atoms with Crippen LogP contribution in [0.25, 0.3) is 0 Å². The van der Waals surface area contributed by atoms with Gasteiger partial charge in [-0.25, -0.2) is 4.79 Å². The molecule has 3 aliphatic rings. The lowest BCUT2D eigenvalue weighted by Crippen LogP contribution is -2.74. The zero-order chi connectivity index (χ0) is 21.1. The van der Waals surface area contributed by atoms with Crippen molar-refractivity contribution in [3.05, 3.63) is 35.4 Å². The third-order valence-electron chi connectivity index (χ3n) is 6.63. The number of amides is 3. The summed E-state index contributed by atoms with van der Waals surface area (Å²) in [6, 6.07) is 7.88. The second-order valence-corrected chi connectivity index (χ2v) is 8.63. The standard InChI is InChI=1S/C24H31N3O3/c1-2-3-4-7-17-10-12-18(13-11-17)23-20-14-26(15-22(29)27(20)21(23)16-28)24(30)25-19-8-5-6-9-19/h10-13,19-21,23,28H,2-3,5-6,8-9,14-16H2,1H3,(H,25,30)/t20-,21-,23+/m0/s1. The average molecular weight is 410 g/mol. The number of urea groups is 1. The smallest absolute Gasteiger partial charge is 0.318 e. The van der Waals surface area contributed by atoms with Gasteiger partial charge >= 0.3 is 6.03 Å². The minimum atomic E-state index is -0.223. The predicted octanol–water partition coefficient (Wildman–Crippen LogP) is 2.46. The van der Waals surface area contributed by atoms with Gasteiger partial charge in [-0.15, -0.1) is 0 Å². The van der Waals surface area contributed by atoms with Crippen molar-refractivity contribution in [1.29, 1.82) is 0 Å². The highest BCUT2D eigenvalue weighted by Gasteiger charge is 2.54. The molecule has 0 spiro atoms. The first-order chi connectivity index (χ1) is 14.6. The molecule has 3 amide bonds. The SMILES string of the molecule is CCCC#Cc1ccc([C@H]2[C@H](CO)N3C(=O)CN(C(=O)NC4CCCC4)C[C@@H]23)cc1. The number of fused-ring (bicyclic) bond motifs is 1. The van der Waals surface area contributed by atoms with E-state index in [1.807, 2.05) is 24.3 Å². The molecule has 0 radical (unpaired) electrons. The van der Waals surface area contributed by atoms with E-state index in [0.29, 0.717) is 6.54 Å². The molecule has 2 aliphatic heterocycles. The van der Waals surface area contributed by atoms with Crippen molar-refractivity contribution in [3.8, 4) is 11.8 Å². The molecular formula is C24H31N3O3. The van der Waals surface area contributed by atoms with E-state index >= 15 is 0 Å². The Kier molecular flexibility index (Phi) is 6.29. The van der Waals surface area contributed by atoms with Crippen LogP contribution in [-0.2, 0) is 4.79 Å². The van der Waals surface area contributed by atoms with E-state index in [1.165, 1.54) is 0 Å². The molecule has 4 rings (SSSR count). The van der Waals surface area contributed by atoms with E-state index in [-0.39, 0.29) is 49.1 Å². The minimum Gasteiger partial charge on any atom is -0.394 e. The number of rotatable bonds is 4. The first-order valence-electron chi connectivity index (χ1n) is 11.2. The van der Waals surface area contributed by atoms with Crippen LogP contribution in [0.2, 0.25) is 0 Å². The summed E-state index contributed by atoms with van der Waals surface area (Å²) in [7, 11) is 0. The van der Waals surface area contributed by atoms with Crippen LogP contribution in [0.5, 0.6) is 0 Å². The van der Waals surface area contributed by atoms with Gasteiger partial charge in [0, 0.05) is 30.5 Å². The highest BCUT2D eigenvalue weighted by molar-refractivity contribution is 5.87. The van der Waals surface area contributed by atoms with Crippen LogP contribution in [0.3, 0.4) is 0 Å². The summed E-state index contributed by atoms with van der Waals surface area (Å²) in [6.45, 7) is 2.63. The van der Waals surface area contributed by atoms with Crippen molar-refractivity contribution in [2.45, 2.75) is 69.5 Å². The molecule has 2 N–H and O–H groups in total. The Morgan fingerprint density at radius 2 is 1.97 bits per heavy atom. The third kappa shape index (κ3) is 4.04. The third-order valence-corrected chi connectivity index (χ3v) is 6.63. The molecular weight excluding hydrogens is 378 g/mol. The average Bonchev–Trinajstić information content (AvgIpc) is 3.24. The van der Waals surface area contributed by atoms with Crippen molar-refractivity contribution in [3.63, 3.8) is 0 Å². The highest BCUT2D eigenvalue weighted by Crippen LogP contribution is 2.42. The molecule has 0 bridgehead atoms. The second-order valence-electron chi connectivity index (χ2n) is 8.63. The molecule has 1 aromatic carbocycles. The van der Waals surface area contributed by atoms with Gasteiger partial charge in [0.05, 0.1) is 18.7 Å².